The van der Waals surface area contributed by atoms with Gasteiger partial charge in [-0.25, -0.2) is 0 Å². The fraction of sp³-hybridized carbons (Fsp3) is 0.349. The Labute approximate surface area is 588 Å². The van der Waals surface area contributed by atoms with Crippen LogP contribution in [0.5, 0.6) is 11.5 Å². The van der Waals surface area contributed by atoms with Crippen LogP contribution in [-0.4, -0.2) is 185 Å². The van der Waals surface area contributed by atoms with Gasteiger partial charge in [-0.3, -0.25) is 28.3 Å². The molecule has 0 atom stereocenters. The molecular formula is C63H73N17O15S5. The van der Waals surface area contributed by atoms with Crippen molar-refractivity contribution >= 4 is 169 Å². The van der Waals surface area contributed by atoms with Crippen LogP contribution in [0.15, 0.2) is 119 Å². The predicted molar refractivity (Wildman–Crippen MR) is 383 cm³/mol. The number of ketones is 2. The van der Waals surface area contributed by atoms with Crippen molar-refractivity contribution in [2.45, 2.75) is 56.5 Å². The second-order valence-corrected chi connectivity index (χ2v) is 27.4. The summed E-state index contributed by atoms with van der Waals surface area (Å²) in [5.74, 6) is -1.40. The fourth-order valence-electron chi connectivity index (χ4n) is 10.3. The lowest BCUT2D eigenvalue weighted by atomic mass is 10.1. The van der Waals surface area contributed by atoms with E-state index in [1.807, 2.05) is 37.5 Å². The summed E-state index contributed by atoms with van der Waals surface area (Å²) in [6.07, 6.45) is 2.68. The zero-order chi connectivity index (χ0) is 71.8. The number of anilines is 10. The molecule has 100 heavy (non-hydrogen) atoms. The van der Waals surface area contributed by atoms with Gasteiger partial charge in [0.1, 0.15) is 44.3 Å². The Morgan fingerprint density at radius 3 is 1.33 bits per heavy atom. The van der Waals surface area contributed by atoms with Gasteiger partial charge in [-0.2, -0.15) is 41.8 Å². The van der Waals surface area contributed by atoms with Crippen LogP contribution >= 0.6 is 34.4 Å². The number of carbonyl (C=O) groups excluding carboxylic acids is 4. The molecule has 0 aliphatic carbocycles. The highest BCUT2D eigenvalue weighted by Crippen LogP contribution is 2.45. The van der Waals surface area contributed by atoms with Crippen molar-refractivity contribution in [2.24, 2.45) is 20.5 Å². The minimum atomic E-state index is -4.77. The van der Waals surface area contributed by atoms with Crippen molar-refractivity contribution in [1.82, 2.24) is 24.9 Å². The number of aromatic nitrogens is 5. The molecule has 2 amide bonds. The van der Waals surface area contributed by atoms with Gasteiger partial charge < -0.3 is 64.9 Å². The summed E-state index contributed by atoms with van der Waals surface area (Å²) in [4.78, 5) is 85.8. The molecule has 7 aromatic rings. The molecule has 0 radical (unpaired) electrons. The van der Waals surface area contributed by atoms with Gasteiger partial charge in [0.15, 0.2) is 16.7 Å². The van der Waals surface area contributed by atoms with Crippen LogP contribution in [-0.2, 0) is 48.9 Å². The van der Waals surface area contributed by atoms with E-state index in [9.17, 15) is 50.2 Å². The minimum Gasteiger partial charge on any atom is -0.494 e. The number of amides is 2. The first-order valence-corrected chi connectivity index (χ1v) is 36.7. The predicted octanol–water partition coefficient (Wildman–Crippen LogP) is 10.3. The van der Waals surface area contributed by atoms with Crippen molar-refractivity contribution in [3.05, 3.63) is 93.7 Å². The van der Waals surface area contributed by atoms with E-state index < -0.39 is 53.4 Å². The average molecular weight is 1470 g/mol. The molecule has 0 bridgehead atoms. The summed E-state index contributed by atoms with van der Waals surface area (Å²) < 4.78 is 91.8. The zero-order valence-electron chi connectivity index (χ0n) is 55.6. The summed E-state index contributed by atoms with van der Waals surface area (Å²) in [5, 5.41) is 40.7. The lowest BCUT2D eigenvalue weighted by Crippen LogP contribution is -2.36. The largest absolute Gasteiger partial charge is 0.494 e. The van der Waals surface area contributed by atoms with Gasteiger partial charge in [-0.1, -0.05) is 58.7 Å². The molecule has 2 aliphatic rings. The Bertz CT molecular complexity index is 4250. The number of thioether (sulfide) groups is 1. The number of hydrogen-bond acceptors (Lipinski definition) is 31. The van der Waals surface area contributed by atoms with E-state index in [4.69, 9.17) is 54.1 Å². The Morgan fingerprint density at radius 1 is 0.590 bits per heavy atom. The van der Waals surface area contributed by atoms with Crippen LogP contribution in [0.3, 0.4) is 0 Å². The smallest absolute Gasteiger partial charge is 0.296 e. The Balaban J connectivity index is 1.11. The van der Waals surface area contributed by atoms with Gasteiger partial charge >= 0.3 is 0 Å². The third kappa shape index (κ3) is 18.7. The number of hydrogen-bond donors (Lipinski definition) is 7. The summed E-state index contributed by atoms with van der Waals surface area (Å²) in [5.41, 5.74) is 1.25. The Morgan fingerprint density at radius 2 is 0.980 bits per heavy atom. The van der Waals surface area contributed by atoms with Crippen LogP contribution in [0.25, 0.3) is 12.2 Å². The number of morpholine rings is 2. The van der Waals surface area contributed by atoms with Gasteiger partial charge in [0.2, 0.25) is 22.2 Å². The number of benzene rings is 4. The lowest BCUT2D eigenvalue weighted by molar-refractivity contribution is -0.120. The van der Waals surface area contributed by atoms with E-state index in [1.54, 1.807) is 24.3 Å². The van der Waals surface area contributed by atoms with E-state index in [0.717, 1.165) is 46.6 Å². The van der Waals surface area contributed by atoms with Gasteiger partial charge in [0, 0.05) is 70.2 Å². The van der Waals surface area contributed by atoms with E-state index in [1.165, 1.54) is 76.6 Å². The van der Waals surface area contributed by atoms with Gasteiger partial charge in [-0.05, 0) is 90.1 Å². The number of aliphatic hydroxyl groups is 1. The number of Topliss-reactive ketones (excluding diaryl/α,β-unsaturated/α-hetero) is 2. The second-order valence-electron chi connectivity index (χ2n) is 21.6. The van der Waals surface area contributed by atoms with Crippen molar-refractivity contribution in [2.75, 3.05) is 146 Å². The molecule has 0 spiro atoms. The molecule has 2 fully saturated rings. The standard InChI is InChI=1S/C63H73N17O15S5/c1-9-77(10-2)47-33-43(45(35-49(47)92-7)73-75-62-68-55(79-21-26-94-27-22-79)51(97-62)31-39(37(5)82)57(84)64-41-17-13-15-19-53(41)99(86,87)88)66-59-70-60(72-61(71-59)96-30-25-81)67-44-34-48(78(11-3)12-4)50(93-8)36-46(44)74-76-63-69-56(80-23-28-95-29-24-80)52(98-63)32-40(38(6)83)58(85)65-42-18-14-16-20-54(42)100(89,90)91/h13-20,31-36,81H,9-12,21-30H2,1-8H3,(H,64,84)(H,65,85)(H,86,87,88)(H,89,90,91)(H2,66,67,70,71,72). The Kier molecular flexibility index (Phi) is 25.5. The monoisotopic (exact) mass is 1470 g/mol. The van der Waals surface area contributed by atoms with Crippen molar-refractivity contribution < 1.29 is 69.2 Å². The number of carbonyl (C=O) groups is 4. The third-order valence-corrected chi connectivity index (χ3v) is 19.6. The third-order valence-electron chi connectivity index (χ3n) is 15.2. The summed E-state index contributed by atoms with van der Waals surface area (Å²) >= 11 is 3.18. The van der Waals surface area contributed by atoms with E-state index in [0.29, 0.717) is 134 Å². The highest BCUT2D eigenvalue weighted by molar-refractivity contribution is 7.99. The molecule has 0 unspecified atom stereocenters. The Hall–Kier alpha value is -9.44. The summed E-state index contributed by atoms with van der Waals surface area (Å²) in [6.45, 7) is 15.4. The van der Waals surface area contributed by atoms with Gasteiger partial charge in [-0.15, -0.1) is 20.5 Å². The summed E-state index contributed by atoms with van der Waals surface area (Å²) in [6, 6.07) is 17.4. The highest BCUT2D eigenvalue weighted by atomic mass is 32.2. The average Bonchev–Trinajstić information content (AvgIpc) is 1.78. The molecule has 9 rings (SSSR count). The topological polar surface area (TPSA) is 409 Å². The fourth-order valence-corrected chi connectivity index (χ4v) is 13.9. The number of ether oxygens (including phenoxy) is 4. The maximum Gasteiger partial charge on any atom is 0.296 e. The highest BCUT2D eigenvalue weighted by Gasteiger charge is 2.28. The van der Waals surface area contributed by atoms with Crippen LogP contribution in [0.2, 0.25) is 0 Å². The molecule has 4 aromatic carbocycles. The second kappa shape index (κ2) is 34.1. The number of nitrogens with one attached hydrogen (secondary N) is 4. The van der Waals surface area contributed by atoms with E-state index in [-0.39, 0.29) is 73.6 Å². The molecular weight excluding hydrogens is 1400 g/mol. The number of azo groups is 2. The maximum atomic E-state index is 13.9. The summed E-state index contributed by atoms with van der Waals surface area (Å²) in [7, 11) is -6.49. The molecule has 5 heterocycles. The normalized spacial score (nSPS) is 13.9. The first-order chi connectivity index (χ1) is 48.0. The molecule has 32 nitrogen and oxygen atoms in total. The minimum absolute atomic E-state index is 0.0106. The quantitative estimate of drug-likeness (QED) is 0.00530. The zero-order valence-corrected chi connectivity index (χ0v) is 59.7. The molecule has 0 saturated carbocycles. The first kappa shape index (κ1) is 74.8. The molecule has 7 N–H and O–H groups in total. The SMILES string of the molecule is CCN(CC)c1cc(Nc2nc(Nc3cc(N(CC)CC)c(OC)cc3N=Nc3nc(N4CCOCC4)c(C=C(C(C)=O)C(=O)Nc4ccccc4S(=O)(=O)O)s3)nc(SCCO)n2)c(N=Nc2nc(N3CCOCC3)c(C=C(C(C)=O)C(=O)Nc3ccccc3S(=O)(=O)O)s2)cc1OC. The molecule has 37 heteroatoms. The number of para-hydroxylation sites is 2. The molecule has 2 saturated heterocycles. The van der Waals surface area contributed by atoms with Crippen LogP contribution in [0.1, 0.15) is 51.3 Å². The first-order valence-electron chi connectivity index (χ1n) is 31.2. The number of rotatable bonds is 31. The van der Waals surface area contributed by atoms with E-state index in [2.05, 4.69) is 41.3 Å². The van der Waals surface area contributed by atoms with Crippen LogP contribution in [0.4, 0.5) is 79.3 Å². The molecule has 2 aliphatic heterocycles. The van der Waals surface area contributed by atoms with Crippen LogP contribution < -0.4 is 50.3 Å². The van der Waals surface area contributed by atoms with Crippen molar-refractivity contribution in [1.29, 1.82) is 0 Å². The number of methoxy groups -OCH3 is 2. The van der Waals surface area contributed by atoms with E-state index >= 15 is 0 Å². The van der Waals surface area contributed by atoms with Crippen LogP contribution in [0, 0.1) is 0 Å². The van der Waals surface area contributed by atoms with Crippen molar-refractivity contribution in [3.8, 4) is 11.5 Å². The number of aliphatic hydroxyl groups excluding tert-OH is 1. The maximum absolute atomic E-state index is 13.9. The number of thiazole rings is 2. The van der Waals surface area contributed by atoms with Crippen molar-refractivity contribution in [3.63, 3.8) is 0 Å². The molecule has 530 valence electrons. The van der Waals surface area contributed by atoms with Gasteiger partial charge in [0.05, 0.1) is 102 Å². The van der Waals surface area contributed by atoms with Gasteiger partial charge in [0.25, 0.3) is 32.1 Å². The molecule has 3 aromatic heterocycles. The lowest BCUT2D eigenvalue weighted by Gasteiger charge is -2.27. The number of nitrogens with zero attached hydrogens (tertiary/aromatic N) is 13.